The first-order valence-corrected chi connectivity index (χ1v) is 5.18. The molecule has 10 heteroatoms. The van der Waals surface area contributed by atoms with Crippen molar-refractivity contribution in [2.45, 2.75) is 30.7 Å². The van der Waals surface area contributed by atoms with E-state index in [0.717, 1.165) is 0 Å². The van der Waals surface area contributed by atoms with Crippen molar-refractivity contribution in [3.63, 3.8) is 0 Å². The fourth-order valence-electron chi connectivity index (χ4n) is 1.02. The molecule has 20 heavy (non-hydrogen) atoms. The Balaban J connectivity index is 4.53. The van der Waals surface area contributed by atoms with Gasteiger partial charge in [0.05, 0.1) is 0 Å². The Labute approximate surface area is 112 Å². The minimum Gasteiger partial charge on any atom is -0.478 e. The molecule has 0 heterocycles. The van der Waals surface area contributed by atoms with Crippen LogP contribution in [0.3, 0.4) is 0 Å². The first kappa shape index (κ1) is 18.1. The number of carbonyl (C=O) groups excluding carboxylic acids is 2. The number of carboxylic acids is 1. The van der Waals surface area contributed by atoms with E-state index in [1.807, 2.05) is 0 Å². The predicted molar refractivity (Wildman–Crippen MR) is 59.0 cm³/mol. The van der Waals surface area contributed by atoms with Crippen molar-refractivity contribution in [2.24, 2.45) is 0 Å². The first-order valence-electron chi connectivity index (χ1n) is 5.18. The molecular weight excluding hydrogens is 280 g/mol. The molecule has 5 atom stereocenters. The van der Waals surface area contributed by atoms with Crippen molar-refractivity contribution in [2.75, 3.05) is 0 Å². The second kappa shape index (κ2) is 8.35. The molecule has 0 aliphatic rings. The van der Waals surface area contributed by atoms with Crippen LogP contribution in [0, 0.1) is 0 Å². The maximum atomic E-state index is 11.0. The fourth-order valence-corrected chi connectivity index (χ4v) is 1.02. The van der Waals surface area contributed by atoms with E-state index < -0.39 is 42.6 Å². The Hall–Kier alpha value is -1.85. The number of carboxylic acid groups (broad SMARTS) is 1. The van der Waals surface area contributed by atoms with Gasteiger partial charge in [-0.1, -0.05) is 0 Å². The van der Waals surface area contributed by atoms with Crippen molar-refractivity contribution in [1.29, 1.82) is 0 Å². The lowest BCUT2D eigenvalue weighted by molar-refractivity contribution is -0.208. The Morgan fingerprint density at radius 1 is 0.900 bits per heavy atom. The lowest BCUT2D eigenvalue weighted by Crippen LogP contribution is -2.50. The summed E-state index contributed by atoms with van der Waals surface area (Å²) in [4.78, 5) is 31.2. The second-order valence-corrected chi connectivity index (χ2v) is 3.60. The summed E-state index contributed by atoms with van der Waals surface area (Å²) in [6.07, 6.45) is -10.2. The van der Waals surface area contributed by atoms with E-state index >= 15 is 0 Å². The van der Waals surface area contributed by atoms with Crippen LogP contribution in [-0.2, 0) is 19.1 Å². The Morgan fingerprint density at radius 3 is 1.90 bits per heavy atom. The Kier molecular flexibility index (Phi) is 7.57. The van der Waals surface area contributed by atoms with Gasteiger partial charge in [0.25, 0.3) is 0 Å². The highest BCUT2D eigenvalue weighted by Crippen LogP contribution is 2.09. The maximum Gasteiger partial charge on any atom is 0.333 e. The van der Waals surface area contributed by atoms with Crippen molar-refractivity contribution in [3.05, 3.63) is 12.2 Å². The number of ether oxygens (including phenoxy) is 1. The summed E-state index contributed by atoms with van der Waals surface area (Å²) in [5.41, 5.74) is 0. The van der Waals surface area contributed by atoms with Crippen molar-refractivity contribution in [3.8, 4) is 0 Å². The van der Waals surface area contributed by atoms with Gasteiger partial charge < -0.3 is 40.2 Å². The smallest absolute Gasteiger partial charge is 0.333 e. The molecule has 0 amide bonds. The van der Waals surface area contributed by atoms with Crippen molar-refractivity contribution in [1.82, 2.24) is 0 Å². The van der Waals surface area contributed by atoms with Gasteiger partial charge in [0.2, 0.25) is 6.29 Å². The van der Waals surface area contributed by atoms with E-state index in [1.165, 1.54) is 0 Å². The molecule has 0 aromatic rings. The van der Waals surface area contributed by atoms with Crippen molar-refractivity contribution >= 4 is 18.2 Å². The van der Waals surface area contributed by atoms with Gasteiger partial charge in [0.15, 0.2) is 6.29 Å². The van der Waals surface area contributed by atoms with Gasteiger partial charge in [-0.2, -0.15) is 0 Å². The minimum absolute atomic E-state index is 0.116. The molecule has 0 bridgehead atoms. The van der Waals surface area contributed by atoms with Crippen LogP contribution in [0.2, 0.25) is 0 Å². The van der Waals surface area contributed by atoms with E-state index in [1.54, 1.807) is 0 Å². The average molecular weight is 294 g/mol. The molecule has 0 aliphatic carbocycles. The molecule has 0 saturated carbocycles. The van der Waals surface area contributed by atoms with Gasteiger partial charge in [-0.15, -0.1) is 0 Å². The Morgan fingerprint density at radius 2 is 1.45 bits per heavy atom. The minimum atomic E-state index is -2.32. The summed E-state index contributed by atoms with van der Waals surface area (Å²) in [7, 11) is 0. The number of carbonyl (C=O) groups is 3. The molecule has 1 unspecified atom stereocenters. The standard InChI is InChI=1S/C10H14O10/c11-3-4(12)7(16)8(17)9(18)10(19)20-6(15)2-1-5(13)14/h1-4,7-10,12,16-19H,(H,13,14)/b2-1+/t4-,7+,8-,9-,10?/m0/s1. The van der Waals surface area contributed by atoms with Gasteiger partial charge in [-0.3, -0.25) is 0 Å². The van der Waals surface area contributed by atoms with Crippen LogP contribution in [0.4, 0.5) is 0 Å². The zero-order valence-electron chi connectivity index (χ0n) is 9.94. The summed E-state index contributed by atoms with van der Waals surface area (Å²) >= 11 is 0. The van der Waals surface area contributed by atoms with Crippen LogP contribution >= 0.6 is 0 Å². The van der Waals surface area contributed by atoms with E-state index in [9.17, 15) is 34.8 Å². The van der Waals surface area contributed by atoms with Crippen LogP contribution in [0.5, 0.6) is 0 Å². The molecule has 0 spiro atoms. The van der Waals surface area contributed by atoms with Crippen LogP contribution in [0.25, 0.3) is 0 Å². The van der Waals surface area contributed by atoms with Gasteiger partial charge in [-0.25, -0.2) is 9.59 Å². The molecule has 10 nitrogen and oxygen atoms in total. The topological polar surface area (TPSA) is 182 Å². The molecule has 114 valence electrons. The SMILES string of the molecule is O=C[C@H](O)[C@@H](O)[C@H](O)[C@H](O)C(O)OC(=O)/C=C/C(=O)O. The highest BCUT2D eigenvalue weighted by molar-refractivity contribution is 5.90. The summed E-state index contributed by atoms with van der Waals surface area (Å²) in [6, 6.07) is 0. The van der Waals surface area contributed by atoms with Crippen LogP contribution in [0.15, 0.2) is 12.2 Å². The van der Waals surface area contributed by atoms with E-state index in [4.69, 9.17) is 10.2 Å². The van der Waals surface area contributed by atoms with Crippen LogP contribution in [0.1, 0.15) is 0 Å². The van der Waals surface area contributed by atoms with Gasteiger partial charge in [0.1, 0.15) is 24.4 Å². The summed E-state index contributed by atoms with van der Waals surface area (Å²) in [6.45, 7) is 0. The third-order valence-corrected chi connectivity index (χ3v) is 2.08. The molecule has 0 saturated heterocycles. The number of hydrogen-bond donors (Lipinski definition) is 6. The van der Waals surface area contributed by atoms with E-state index in [2.05, 4.69) is 4.74 Å². The zero-order valence-corrected chi connectivity index (χ0v) is 9.94. The number of aliphatic hydroxyl groups excluding tert-OH is 5. The average Bonchev–Trinajstić information content (AvgIpc) is 2.41. The monoisotopic (exact) mass is 294 g/mol. The lowest BCUT2D eigenvalue weighted by Gasteiger charge is -2.26. The van der Waals surface area contributed by atoms with Crippen molar-refractivity contribution < 1.29 is 49.8 Å². The number of esters is 1. The Bertz CT molecular complexity index is 378. The summed E-state index contributed by atoms with van der Waals surface area (Å²) < 4.78 is 4.12. The molecule has 6 N–H and O–H groups in total. The molecule has 0 aromatic heterocycles. The third-order valence-electron chi connectivity index (χ3n) is 2.08. The molecule has 0 radical (unpaired) electrons. The zero-order chi connectivity index (χ0) is 15.9. The number of rotatable bonds is 8. The van der Waals surface area contributed by atoms with E-state index in [0.29, 0.717) is 12.2 Å². The summed E-state index contributed by atoms with van der Waals surface area (Å²) in [5.74, 6) is -2.79. The number of aldehydes is 1. The molecular formula is C10H14O10. The fraction of sp³-hybridized carbons (Fsp3) is 0.500. The largest absolute Gasteiger partial charge is 0.478 e. The first-order chi connectivity index (χ1) is 9.20. The van der Waals surface area contributed by atoms with Gasteiger partial charge in [-0.05, 0) is 0 Å². The third kappa shape index (κ3) is 5.86. The second-order valence-electron chi connectivity index (χ2n) is 3.60. The summed E-state index contributed by atoms with van der Waals surface area (Å²) in [5, 5.41) is 54.1. The normalized spacial score (nSPS) is 18.9. The molecule has 0 aliphatic heterocycles. The van der Waals surface area contributed by atoms with E-state index in [-0.39, 0.29) is 6.29 Å². The number of aliphatic hydroxyl groups is 5. The predicted octanol–water partition coefficient (Wildman–Crippen LogP) is -3.87. The highest BCUT2D eigenvalue weighted by atomic mass is 16.6. The number of hydrogen-bond acceptors (Lipinski definition) is 9. The molecule has 0 rings (SSSR count). The van der Waals surface area contributed by atoms with Crippen LogP contribution < -0.4 is 0 Å². The quantitative estimate of drug-likeness (QED) is 0.112. The lowest BCUT2D eigenvalue weighted by atomic mass is 10.0. The highest BCUT2D eigenvalue weighted by Gasteiger charge is 2.35. The number of aliphatic carboxylic acids is 1. The molecule has 0 aromatic carbocycles. The maximum absolute atomic E-state index is 11.0. The van der Waals surface area contributed by atoms with Gasteiger partial charge in [0, 0.05) is 12.2 Å². The van der Waals surface area contributed by atoms with Gasteiger partial charge >= 0.3 is 11.9 Å². The molecule has 0 fully saturated rings. The van der Waals surface area contributed by atoms with Crippen LogP contribution in [-0.4, -0.2) is 79.6 Å².